The number of rotatable bonds is 2. The van der Waals surface area contributed by atoms with Gasteiger partial charge in [-0.05, 0) is 18.4 Å². The van der Waals surface area contributed by atoms with Gasteiger partial charge < -0.3 is 24.0 Å². The van der Waals surface area contributed by atoms with Gasteiger partial charge in [0.1, 0.15) is 6.04 Å². The van der Waals surface area contributed by atoms with Crippen molar-refractivity contribution in [3.05, 3.63) is 35.9 Å². The molecule has 2 nitrogen and oxygen atoms in total. The summed E-state index contributed by atoms with van der Waals surface area (Å²) in [6.07, 6.45) is 8.28. The molecule has 1 fully saturated rings. The maximum absolute atomic E-state index is 2.42. The lowest BCUT2D eigenvalue weighted by atomic mass is 9.83. The van der Waals surface area contributed by atoms with Crippen LogP contribution in [0.5, 0.6) is 0 Å². The van der Waals surface area contributed by atoms with Crippen molar-refractivity contribution in [3.63, 3.8) is 0 Å². The van der Waals surface area contributed by atoms with Gasteiger partial charge >= 0.3 is 0 Å². The predicted molar refractivity (Wildman–Crippen MR) is 79.3 cm³/mol. The molecular weight excluding hydrogens is 359 g/mol. The van der Waals surface area contributed by atoms with Gasteiger partial charge in [0, 0.05) is 5.92 Å². The van der Waals surface area contributed by atoms with E-state index in [-0.39, 0.29) is 24.0 Å². The van der Waals surface area contributed by atoms with Crippen LogP contribution in [0.2, 0.25) is 0 Å². The average molecular weight is 384 g/mol. The minimum Gasteiger partial charge on any atom is -1.00 e. The molecule has 0 aromatic heterocycles. The van der Waals surface area contributed by atoms with Crippen LogP contribution in [0.1, 0.15) is 50.1 Å². The zero-order chi connectivity index (χ0) is 13.2. The lowest BCUT2D eigenvalue weighted by Gasteiger charge is -2.19. The Morgan fingerprint density at radius 1 is 1.05 bits per heavy atom. The van der Waals surface area contributed by atoms with Gasteiger partial charge in [0.05, 0.1) is 13.5 Å². The number of hydrazone groups is 1. The van der Waals surface area contributed by atoms with Crippen LogP contribution in [-0.2, 0) is 0 Å². The fourth-order valence-corrected chi connectivity index (χ4v) is 3.75. The molecule has 3 heteroatoms. The van der Waals surface area contributed by atoms with E-state index in [4.69, 9.17) is 0 Å². The van der Waals surface area contributed by atoms with Crippen molar-refractivity contribution in [1.82, 2.24) is 5.01 Å². The van der Waals surface area contributed by atoms with E-state index in [1.165, 1.54) is 44.1 Å². The Kier molecular flexibility index (Phi) is 5.47. The molecule has 0 amide bonds. The molecule has 20 heavy (non-hydrogen) atoms. The van der Waals surface area contributed by atoms with E-state index in [1.807, 2.05) is 0 Å². The summed E-state index contributed by atoms with van der Waals surface area (Å²) in [6, 6.07) is 11.5. The van der Waals surface area contributed by atoms with Crippen molar-refractivity contribution in [2.75, 3.05) is 14.1 Å². The predicted octanol–water partition coefficient (Wildman–Crippen LogP) is 0.646. The molecule has 2 aliphatic rings. The molecule has 1 aliphatic carbocycles. The van der Waals surface area contributed by atoms with Crippen molar-refractivity contribution < 1.29 is 28.7 Å². The van der Waals surface area contributed by atoms with Gasteiger partial charge in [-0.3, -0.25) is 0 Å². The number of hydrogen-bond donors (Lipinski definition) is 0. The zero-order valence-electron chi connectivity index (χ0n) is 12.6. The molecule has 0 spiro atoms. The number of hydrogen-bond acceptors (Lipinski definition) is 1. The van der Waals surface area contributed by atoms with Gasteiger partial charge in [0.25, 0.3) is 0 Å². The highest BCUT2D eigenvalue weighted by Crippen LogP contribution is 2.34. The Balaban J connectivity index is 0.00000147. The van der Waals surface area contributed by atoms with Crippen molar-refractivity contribution in [1.29, 1.82) is 0 Å². The van der Waals surface area contributed by atoms with Crippen molar-refractivity contribution in [3.8, 4) is 0 Å². The molecule has 1 aromatic carbocycles. The SMILES string of the molecule is CN1C(c2ccccc2)CC(C2CCCCC2)=[N+]1C.[I-]. The third-order valence-corrected chi connectivity index (χ3v) is 5.00. The lowest BCUT2D eigenvalue weighted by molar-refractivity contribution is -0.662. The van der Waals surface area contributed by atoms with Gasteiger partial charge in [-0.1, -0.05) is 49.6 Å². The van der Waals surface area contributed by atoms with Gasteiger partial charge in [-0.2, -0.15) is 5.01 Å². The minimum absolute atomic E-state index is 0. The second-order valence-electron chi connectivity index (χ2n) is 6.05. The summed E-state index contributed by atoms with van der Waals surface area (Å²) >= 11 is 0. The van der Waals surface area contributed by atoms with Gasteiger partial charge in [0.15, 0.2) is 12.8 Å². The molecule has 1 atom stereocenters. The van der Waals surface area contributed by atoms with E-state index in [0.717, 1.165) is 5.92 Å². The molecule has 0 saturated heterocycles. The van der Waals surface area contributed by atoms with E-state index in [0.29, 0.717) is 6.04 Å². The standard InChI is InChI=1S/C17H25N2.HI/c1-18-16(14-9-5-3-6-10-14)13-17(19(18)2)15-11-7-4-8-12-15;/h3,5-6,9-10,15-16H,4,7-8,11-13H2,1-2H3;1H/q+1;/p-1. The Morgan fingerprint density at radius 2 is 1.70 bits per heavy atom. The van der Waals surface area contributed by atoms with Crippen LogP contribution in [0.4, 0.5) is 0 Å². The van der Waals surface area contributed by atoms with E-state index in [9.17, 15) is 0 Å². The summed E-state index contributed by atoms with van der Waals surface area (Å²) in [6.45, 7) is 0. The lowest BCUT2D eigenvalue weighted by Crippen LogP contribution is -3.00. The topological polar surface area (TPSA) is 6.25 Å². The second-order valence-corrected chi connectivity index (χ2v) is 6.05. The minimum atomic E-state index is 0. The summed E-state index contributed by atoms with van der Waals surface area (Å²) < 4.78 is 2.42. The quantitative estimate of drug-likeness (QED) is 0.536. The molecule has 1 aromatic rings. The van der Waals surface area contributed by atoms with Crippen LogP contribution in [0, 0.1) is 5.92 Å². The second kappa shape index (κ2) is 6.92. The highest BCUT2D eigenvalue weighted by molar-refractivity contribution is 5.83. The van der Waals surface area contributed by atoms with Crippen LogP contribution < -0.4 is 24.0 Å². The maximum atomic E-state index is 2.42. The largest absolute Gasteiger partial charge is 1.00 e. The summed E-state index contributed by atoms with van der Waals surface area (Å²) in [5.41, 5.74) is 3.11. The van der Waals surface area contributed by atoms with Crippen LogP contribution in [0.25, 0.3) is 0 Å². The number of halogens is 1. The zero-order valence-corrected chi connectivity index (χ0v) is 14.7. The molecule has 0 radical (unpaired) electrons. The first-order chi connectivity index (χ1) is 9.27. The van der Waals surface area contributed by atoms with Crippen molar-refractivity contribution in [2.45, 2.75) is 44.6 Å². The summed E-state index contributed by atoms with van der Waals surface area (Å²) in [4.78, 5) is 0. The molecule has 3 rings (SSSR count). The normalized spacial score (nSPS) is 23.9. The van der Waals surface area contributed by atoms with Crippen LogP contribution in [-0.4, -0.2) is 29.5 Å². The third kappa shape index (κ3) is 3.02. The fraction of sp³-hybridized carbons (Fsp3) is 0.588. The maximum Gasteiger partial charge on any atom is 0.187 e. The molecule has 1 aliphatic heterocycles. The molecule has 110 valence electrons. The number of nitrogens with zero attached hydrogens (tertiary/aromatic N) is 2. The highest BCUT2D eigenvalue weighted by Gasteiger charge is 2.39. The first-order valence-corrected chi connectivity index (χ1v) is 7.64. The van der Waals surface area contributed by atoms with Gasteiger partial charge in [0.2, 0.25) is 0 Å². The van der Waals surface area contributed by atoms with E-state index in [2.05, 4.69) is 54.1 Å². The van der Waals surface area contributed by atoms with E-state index < -0.39 is 0 Å². The van der Waals surface area contributed by atoms with Crippen molar-refractivity contribution >= 4 is 5.71 Å². The Labute approximate surface area is 139 Å². The third-order valence-electron chi connectivity index (χ3n) is 5.00. The van der Waals surface area contributed by atoms with E-state index in [1.54, 1.807) is 5.71 Å². The average Bonchev–Trinajstić information content (AvgIpc) is 2.77. The summed E-state index contributed by atoms with van der Waals surface area (Å²) in [5.74, 6) is 0.829. The molecule has 1 heterocycles. The van der Waals surface area contributed by atoms with Crippen LogP contribution in [0.15, 0.2) is 30.3 Å². The summed E-state index contributed by atoms with van der Waals surface area (Å²) in [5, 5.41) is 2.42. The van der Waals surface area contributed by atoms with Crippen LogP contribution >= 0.6 is 0 Å². The van der Waals surface area contributed by atoms with Gasteiger partial charge in [-0.25, -0.2) is 0 Å². The molecule has 1 saturated carbocycles. The Hall–Kier alpha value is -0.580. The molecule has 0 N–H and O–H groups in total. The van der Waals surface area contributed by atoms with Gasteiger partial charge in [-0.15, -0.1) is 4.68 Å². The number of hydrazine groups is 1. The molecule has 1 unspecified atom stereocenters. The Morgan fingerprint density at radius 3 is 2.35 bits per heavy atom. The fourth-order valence-electron chi connectivity index (χ4n) is 3.75. The summed E-state index contributed by atoms with van der Waals surface area (Å²) in [7, 11) is 4.47. The smallest absolute Gasteiger partial charge is 0.187 e. The van der Waals surface area contributed by atoms with Crippen LogP contribution in [0.3, 0.4) is 0 Å². The first kappa shape index (κ1) is 15.8. The highest BCUT2D eigenvalue weighted by atomic mass is 127. The molecule has 0 bridgehead atoms. The Bertz CT molecular complexity index is 463. The number of benzene rings is 1. The van der Waals surface area contributed by atoms with E-state index >= 15 is 0 Å². The van der Waals surface area contributed by atoms with Crippen molar-refractivity contribution in [2.24, 2.45) is 5.92 Å². The monoisotopic (exact) mass is 384 g/mol. The molecular formula is C17H25IN2. The first-order valence-electron chi connectivity index (χ1n) is 7.64.